The van der Waals surface area contributed by atoms with Crippen molar-refractivity contribution in [2.45, 2.75) is 36.8 Å². The molecule has 0 fully saturated rings. The SMILES string of the molecule is CCCCCNC(=O)c1ccccc1SCc1cn2ccccc2n1. The third kappa shape index (κ3) is 4.63. The molecule has 25 heavy (non-hydrogen) atoms. The number of imidazole rings is 1. The lowest BCUT2D eigenvalue weighted by Gasteiger charge is -2.09. The quantitative estimate of drug-likeness (QED) is 0.477. The molecule has 0 unspecified atom stereocenters. The van der Waals surface area contributed by atoms with E-state index in [4.69, 9.17) is 0 Å². The van der Waals surface area contributed by atoms with E-state index in [2.05, 4.69) is 17.2 Å². The summed E-state index contributed by atoms with van der Waals surface area (Å²) in [5, 5.41) is 3.02. The molecule has 0 spiro atoms. The van der Waals surface area contributed by atoms with Crippen LogP contribution >= 0.6 is 11.8 Å². The van der Waals surface area contributed by atoms with Gasteiger partial charge in [-0.3, -0.25) is 4.79 Å². The van der Waals surface area contributed by atoms with Crippen molar-refractivity contribution in [3.8, 4) is 0 Å². The number of unbranched alkanes of at least 4 members (excludes halogenated alkanes) is 2. The second kappa shape index (κ2) is 8.72. The van der Waals surface area contributed by atoms with Crippen LogP contribution in [0, 0.1) is 0 Å². The van der Waals surface area contributed by atoms with Crippen LogP contribution in [0.4, 0.5) is 0 Å². The Hall–Kier alpha value is -2.27. The molecule has 4 nitrogen and oxygen atoms in total. The summed E-state index contributed by atoms with van der Waals surface area (Å²) in [6, 6.07) is 13.7. The van der Waals surface area contributed by atoms with Gasteiger partial charge in [-0.15, -0.1) is 11.8 Å². The number of carbonyl (C=O) groups excluding carboxylic acids is 1. The molecule has 0 saturated carbocycles. The van der Waals surface area contributed by atoms with Gasteiger partial charge in [0.2, 0.25) is 0 Å². The van der Waals surface area contributed by atoms with Crippen LogP contribution in [0.3, 0.4) is 0 Å². The smallest absolute Gasteiger partial charge is 0.252 e. The van der Waals surface area contributed by atoms with Gasteiger partial charge in [0, 0.05) is 29.6 Å². The van der Waals surface area contributed by atoms with Gasteiger partial charge < -0.3 is 9.72 Å². The Kier molecular flexibility index (Phi) is 6.12. The van der Waals surface area contributed by atoms with Gasteiger partial charge in [0.05, 0.1) is 11.3 Å². The maximum absolute atomic E-state index is 12.4. The van der Waals surface area contributed by atoms with E-state index >= 15 is 0 Å². The maximum Gasteiger partial charge on any atom is 0.252 e. The first-order valence-electron chi connectivity index (χ1n) is 8.70. The van der Waals surface area contributed by atoms with E-state index in [0.29, 0.717) is 0 Å². The molecule has 2 heterocycles. The van der Waals surface area contributed by atoms with Crippen molar-refractivity contribution >= 4 is 23.3 Å². The fourth-order valence-corrected chi connectivity index (χ4v) is 3.59. The average molecular weight is 353 g/mol. The first-order chi connectivity index (χ1) is 12.3. The molecule has 0 saturated heterocycles. The molecule has 5 heteroatoms. The molecule has 0 aliphatic rings. The summed E-state index contributed by atoms with van der Waals surface area (Å²) < 4.78 is 2.02. The first-order valence-corrected chi connectivity index (χ1v) is 9.69. The van der Waals surface area contributed by atoms with Gasteiger partial charge in [0.1, 0.15) is 5.65 Å². The summed E-state index contributed by atoms with van der Waals surface area (Å²) in [7, 11) is 0. The maximum atomic E-state index is 12.4. The van der Waals surface area contributed by atoms with Crippen LogP contribution in [0.1, 0.15) is 42.2 Å². The van der Waals surface area contributed by atoms with Gasteiger partial charge in [0.15, 0.2) is 0 Å². The number of fused-ring (bicyclic) bond motifs is 1. The number of hydrogen-bond donors (Lipinski definition) is 1. The second-order valence-electron chi connectivity index (χ2n) is 5.95. The van der Waals surface area contributed by atoms with Crippen molar-refractivity contribution in [1.82, 2.24) is 14.7 Å². The fourth-order valence-electron chi connectivity index (χ4n) is 2.66. The molecule has 130 valence electrons. The lowest BCUT2D eigenvalue weighted by molar-refractivity contribution is 0.0950. The Balaban J connectivity index is 1.65. The van der Waals surface area contributed by atoms with Gasteiger partial charge in [-0.25, -0.2) is 4.98 Å². The standard InChI is InChI=1S/C20H23N3OS/c1-2-3-7-12-21-20(24)17-9-4-5-10-18(17)25-15-16-14-23-13-8-6-11-19(23)22-16/h4-6,8-11,13-14H,2-3,7,12,15H2,1H3,(H,21,24). The van der Waals surface area contributed by atoms with Crippen molar-refractivity contribution < 1.29 is 4.79 Å². The molecular formula is C20H23N3OS. The molecule has 0 bridgehead atoms. The lowest BCUT2D eigenvalue weighted by Crippen LogP contribution is -2.24. The summed E-state index contributed by atoms with van der Waals surface area (Å²) >= 11 is 1.65. The minimum absolute atomic E-state index is 0.00852. The van der Waals surface area contributed by atoms with Crippen LogP contribution in [0.5, 0.6) is 0 Å². The van der Waals surface area contributed by atoms with Gasteiger partial charge >= 0.3 is 0 Å². The zero-order valence-corrected chi connectivity index (χ0v) is 15.3. The molecule has 0 atom stereocenters. The summed E-state index contributed by atoms with van der Waals surface area (Å²) in [5.74, 6) is 0.746. The minimum atomic E-state index is 0.00852. The summed E-state index contributed by atoms with van der Waals surface area (Å²) in [4.78, 5) is 18.0. The largest absolute Gasteiger partial charge is 0.352 e. The summed E-state index contributed by atoms with van der Waals surface area (Å²) in [5.41, 5.74) is 2.70. The Morgan fingerprint density at radius 1 is 1.16 bits per heavy atom. The van der Waals surface area contributed by atoms with E-state index < -0.39 is 0 Å². The molecule has 1 N–H and O–H groups in total. The number of pyridine rings is 1. The van der Waals surface area contributed by atoms with E-state index in [1.54, 1.807) is 11.8 Å². The molecular weight excluding hydrogens is 330 g/mol. The number of benzene rings is 1. The van der Waals surface area contributed by atoms with Crippen molar-refractivity contribution in [2.75, 3.05) is 6.54 Å². The lowest BCUT2D eigenvalue weighted by atomic mass is 10.2. The molecule has 0 aliphatic heterocycles. The topological polar surface area (TPSA) is 46.4 Å². The molecule has 1 aromatic carbocycles. The zero-order valence-electron chi connectivity index (χ0n) is 14.4. The normalized spacial score (nSPS) is 10.9. The highest BCUT2D eigenvalue weighted by Gasteiger charge is 2.11. The second-order valence-corrected chi connectivity index (χ2v) is 6.96. The Bertz CT molecular complexity index is 811. The van der Waals surface area contributed by atoms with Gasteiger partial charge in [-0.1, -0.05) is 38.0 Å². The molecule has 0 radical (unpaired) electrons. The number of rotatable bonds is 8. The zero-order chi connectivity index (χ0) is 17.5. The van der Waals surface area contributed by atoms with Crippen molar-refractivity contribution in [3.05, 3.63) is 66.1 Å². The molecule has 2 aromatic heterocycles. The predicted octanol–water partition coefficient (Wildman–Crippen LogP) is 4.55. The number of nitrogens with zero attached hydrogens (tertiary/aromatic N) is 2. The Labute approximate surface area is 152 Å². The highest BCUT2D eigenvalue weighted by atomic mass is 32.2. The highest BCUT2D eigenvalue weighted by Crippen LogP contribution is 2.26. The van der Waals surface area contributed by atoms with Crippen molar-refractivity contribution in [1.29, 1.82) is 0 Å². The molecule has 0 aliphatic carbocycles. The van der Waals surface area contributed by atoms with Gasteiger partial charge in [0.25, 0.3) is 5.91 Å². The average Bonchev–Trinajstić information content (AvgIpc) is 3.06. The number of nitrogens with one attached hydrogen (secondary N) is 1. The van der Waals surface area contributed by atoms with Gasteiger partial charge in [-0.2, -0.15) is 0 Å². The van der Waals surface area contributed by atoms with Crippen molar-refractivity contribution in [3.63, 3.8) is 0 Å². The van der Waals surface area contributed by atoms with Crippen LogP contribution in [-0.4, -0.2) is 21.8 Å². The van der Waals surface area contributed by atoms with E-state index in [1.807, 2.05) is 59.3 Å². The number of thioether (sulfide) groups is 1. The van der Waals surface area contributed by atoms with Crippen LogP contribution < -0.4 is 5.32 Å². The monoisotopic (exact) mass is 353 g/mol. The van der Waals surface area contributed by atoms with E-state index in [-0.39, 0.29) is 5.91 Å². The Morgan fingerprint density at radius 3 is 2.84 bits per heavy atom. The number of aromatic nitrogens is 2. The van der Waals surface area contributed by atoms with Crippen molar-refractivity contribution in [2.24, 2.45) is 0 Å². The molecule has 3 aromatic rings. The highest BCUT2D eigenvalue weighted by molar-refractivity contribution is 7.98. The number of hydrogen-bond acceptors (Lipinski definition) is 3. The minimum Gasteiger partial charge on any atom is -0.352 e. The fraction of sp³-hybridized carbons (Fsp3) is 0.300. The molecule has 3 rings (SSSR count). The summed E-state index contributed by atoms with van der Waals surface area (Å²) in [6.07, 6.45) is 7.36. The predicted molar refractivity (Wildman–Crippen MR) is 103 cm³/mol. The van der Waals surface area contributed by atoms with Gasteiger partial charge in [-0.05, 0) is 30.7 Å². The van der Waals surface area contributed by atoms with Crippen LogP contribution in [0.25, 0.3) is 5.65 Å². The third-order valence-corrected chi connectivity index (χ3v) is 5.09. The van der Waals surface area contributed by atoms with Crippen LogP contribution in [0.2, 0.25) is 0 Å². The van der Waals surface area contributed by atoms with E-state index in [9.17, 15) is 4.79 Å². The van der Waals surface area contributed by atoms with E-state index in [0.717, 1.165) is 53.4 Å². The van der Waals surface area contributed by atoms with E-state index in [1.165, 1.54) is 0 Å². The summed E-state index contributed by atoms with van der Waals surface area (Å²) in [6.45, 7) is 2.89. The van der Waals surface area contributed by atoms with Crippen LogP contribution in [0.15, 0.2) is 59.8 Å². The number of amides is 1. The Morgan fingerprint density at radius 2 is 2.00 bits per heavy atom. The molecule has 1 amide bonds. The number of carbonyl (C=O) groups is 1. The third-order valence-electron chi connectivity index (χ3n) is 3.99. The van der Waals surface area contributed by atoms with Crippen LogP contribution in [-0.2, 0) is 5.75 Å². The first kappa shape index (κ1) is 17.5.